The Labute approximate surface area is 144 Å². The lowest BCUT2D eigenvalue weighted by molar-refractivity contribution is 0.0779. The van der Waals surface area contributed by atoms with E-state index >= 15 is 0 Å². The van der Waals surface area contributed by atoms with Crippen molar-refractivity contribution < 1.29 is 15.0 Å². The van der Waals surface area contributed by atoms with Gasteiger partial charge in [-0.1, -0.05) is 6.07 Å². The molecule has 1 aliphatic rings. The first-order valence-corrected chi connectivity index (χ1v) is 8.43. The SMILES string of the molecule is CN(CCO)C[C@@H]1CN(C(=O)c2cccc(N(C)C)c2)C[C@@H]1CO. The lowest BCUT2D eigenvalue weighted by atomic mass is 9.96. The molecule has 2 rings (SSSR count). The number of hydrogen-bond donors (Lipinski definition) is 2. The van der Waals surface area contributed by atoms with E-state index in [9.17, 15) is 9.90 Å². The molecule has 1 heterocycles. The summed E-state index contributed by atoms with van der Waals surface area (Å²) < 4.78 is 0. The minimum absolute atomic E-state index is 0.0180. The number of anilines is 1. The molecule has 1 saturated heterocycles. The van der Waals surface area contributed by atoms with Crippen LogP contribution in [-0.4, -0.2) is 86.5 Å². The normalized spacial score (nSPS) is 20.7. The number of amides is 1. The lowest BCUT2D eigenvalue weighted by Crippen LogP contribution is -2.33. The highest BCUT2D eigenvalue weighted by atomic mass is 16.3. The van der Waals surface area contributed by atoms with Gasteiger partial charge in [0.1, 0.15) is 0 Å². The van der Waals surface area contributed by atoms with Crippen molar-refractivity contribution in [3.8, 4) is 0 Å². The molecule has 0 radical (unpaired) electrons. The van der Waals surface area contributed by atoms with Crippen molar-refractivity contribution in [1.82, 2.24) is 9.80 Å². The van der Waals surface area contributed by atoms with Crippen LogP contribution in [0.25, 0.3) is 0 Å². The highest BCUT2D eigenvalue weighted by molar-refractivity contribution is 5.95. The van der Waals surface area contributed by atoms with Gasteiger partial charge in [-0.2, -0.15) is 0 Å². The Morgan fingerprint density at radius 3 is 2.54 bits per heavy atom. The standard InChI is InChI=1S/C18H29N3O3/c1-19(2)17-6-4-5-14(9-17)18(24)21-11-15(16(12-21)13-23)10-20(3)7-8-22/h4-6,9,15-16,22-23H,7-8,10-13H2,1-3H3/t15-,16-/m1/s1. The Hall–Kier alpha value is -1.63. The molecule has 0 bridgehead atoms. The molecule has 0 aromatic heterocycles. The van der Waals surface area contributed by atoms with E-state index in [-0.39, 0.29) is 31.0 Å². The molecule has 24 heavy (non-hydrogen) atoms. The zero-order valence-corrected chi connectivity index (χ0v) is 14.9. The number of benzene rings is 1. The molecule has 1 amide bonds. The maximum absolute atomic E-state index is 12.8. The van der Waals surface area contributed by atoms with Crippen molar-refractivity contribution in [2.45, 2.75) is 0 Å². The number of likely N-dealkylation sites (tertiary alicyclic amines) is 1. The third-order valence-electron chi connectivity index (χ3n) is 4.74. The maximum Gasteiger partial charge on any atom is 0.253 e. The molecular weight excluding hydrogens is 306 g/mol. The zero-order chi connectivity index (χ0) is 17.7. The number of aliphatic hydroxyl groups is 2. The fraction of sp³-hybridized carbons (Fsp3) is 0.611. The minimum atomic E-state index is 0.0180. The van der Waals surface area contributed by atoms with E-state index in [0.717, 1.165) is 12.2 Å². The highest BCUT2D eigenvalue weighted by Crippen LogP contribution is 2.26. The third-order valence-corrected chi connectivity index (χ3v) is 4.74. The molecule has 6 heteroatoms. The van der Waals surface area contributed by atoms with Crippen LogP contribution >= 0.6 is 0 Å². The van der Waals surface area contributed by atoms with Crippen molar-refractivity contribution in [2.75, 3.05) is 65.4 Å². The van der Waals surface area contributed by atoms with Gasteiger partial charge in [-0.25, -0.2) is 0 Å². The van der Waals surface area contributed by atoms with Crippen molar-refractivity contribution in [2.24, 2.45) is 11.8 Å². The van der Waals surface area contributed by atoms with Gasteiger partial charge in [-0.15, -0.1) is 0 Å². The summed E-state index contributed by atoms with van der Waals surface area (Å²) in [6.07, 6.45) is 0. The van der Waals surface area contributed by atoms with E-state index in [4.69, 9.17) is 5.11 Å². The van der Waals surface area contributed by atoms with E-state index in [1.165, 1.54) is 0 Å². The Balaban J connectivity index is 2.06. The fourth-order valence-electron chi connectivity index (χ4n) is 3.28. The average molecular weight is 335 g/mol. The number of carbonyl (C=O) groups is 1. The molecule has 1 aromatic carbocycles. The van der Waals surface area contributed by atoms with Crippen LogP contribution in [0, 0.1) is 11.8 Å². The molecule has 134 valence electrons. The topological polar surface area (TPSA) is 67.2 Å². The number of carbonyl (C=O) groups excluding carboxylic acids is 1. The molecule has 2 N–H and O–H groups in total. The largest absolute Gasteiger partial charge is 0.396 e. The Morgan fingerprint density at radius 1 is 1.21 bits per heavy atom. The van der Waals surface area contributed by atoms with Crippen LogP contribution in [0.15, 0.2) is 24.3 Å². The highest BCUT2D eigenvalue weighted by Gasteiger charge is 2.35. The van der Waals surface area contributed by atoms with E-state index in [1.807, 2.05) is 60.1 Å². The number of likely N-dealkylation sites (N-methyl/N-ethyl adjacent to an activating group) is 1. The first kappa shape index (κ1) is 18.7. The van der Waals surface area contributed by atoms with E-state index < -0.39 is 0 Å². The summed E-state index contributed by atoms with van der Waals surface area (Å²) in [6.45, 7) is 2.80. The average Bonchev–Trinajstić information content (AvgIpc) is 2.97. The third kappa shape index (κ3) is 4.47. The lowest BCUT2D eigenvalue weighted by Gasteiger charge is -2.23. The van der Waals surface area contributed by atoms with Crippen LogP contribution in [0.5, 0.6) is 0 Å². The smallest absolute Gasteiger partial charge is 0.253 e. The van der Waals surface area contributed by atoms with Gasteiger partial charge < -0.3 is 24.9 Å². The first-order chi connectivity index (χ1) is 11.5. The summed E-state index contributed by atoms with van der Waals surface area (Å²) in [5.41, 5.74) is 1.68. The van der Waals surface area contributed by atoms with Crippen molar-refractivity contribution in [1.29, 1.82) is 0 Å². The maximum atomic E-state index is 12.8. The van der Waals surface area contributed by atoms with Gasteiger partial charge in [-0.3, -0.25) is 4.79 Å². The van der Waals surface area contributed by atoms with Gasteiger partial charge >= 0.3 is 0 Å². The molecule has 0 unspecified atom stereocenters. The number of hydrogen-bond acceptors (Lipinski definition) is 5. The van der Waals surface area contributed by atoms with Crippen molar-refractivity contribution in [3.05, 3.63) is 29.8 Å². The Morgan fingerprint density at radius 2 is 1.92 bits per heavy atom. The number of nitrogens with zero attached hydrogens (tertiary/aromatic N) is 3. The summed E-state index contributed by atoms with van der Waals surface area (Å²) >= 11 is 0. The Bertz CT molecular complexity index is 550. The quantitative estimate of drug-likeness (QED) is 0.753. The molecule has 1 aliphatic heterocycles. The summed E-state index contributed by atoms with van der Waals surface area (Å²) in [5.74, 6) is 0.337. The van der Waals surface area contributed by atoms with Crippen LogP contribution in [0.2, 0.25) is 0 Å². The summed E-state index contributed by atoms with van der Waals surface area (Å²) in [5, 5.41) is 18.7. The van der Waals surface area contributed by atoms with Gasteiger partial charge in [0, 0.05) is 64.0 Å². The molecular formula is C18H29N3O3. The second-order valence-corrected chi connectivity index (χ2v) is 6.84. The predicted octanol–water partition coefficient (Wildman–Crippen LogP) is 0.357. The molecule has 1 aromatic rings. The van der Waals surface area contributed by atoms with Crippen LogP contribution in [0.3, 0.4) is 0 Å². The zero-order valence-electron chi connectivity index (χ0n) is 14.9. The molecule has 0 saturated carbocycles. The van der Waals surface area contributed by atoms with Gasteiger partial charge in [0.15, 0.2) is 0 Å². The molecule has 6 nitrogen and oxygen atoms in total. The monoisotopic (exact) mass is 335 g/mol. The minimum Gasteiger partial charge on any atom is -0.396 e. The molecule has 1 fully saturated rings. The van der Waals surface area contributed by atoms with E-state index in [2.05, 4.69) is 0 Å². The Kier molecular flexibility index (Phi) is 6.60. The number of aliphatic hydroxyl groups excluding tert-OH is 2. The van der Waals surface area contributed by atoms with E-state index in [1.54, 1.807) is 0 Å². The van der Waals surface area contributed by atoms with Crippen molar-refractivity contribution in [3.63, 3.8) is 0 Å². The second-order valence-electron chi connectivity index (χ2n) is 6.84. The van der Waals surface area contributed by atoms with Crippen LogP contribution in [-0.2, 0) is 0 Å². The van der Waals surface area contributed by atoms with Crippen LogP contribution < -0.4 is 4.90 Å². The predicted molar refractivity (Wildman–Crippen MR) is 95.3 cm³/mol. The summed E-state index contributed by atoms with van der Waals surface area (Å²) in [7, 11) is 5.86. The van der Waals surface area contributed by atoms with Crippen LogP contribution in [0.4, 0.5) is 5.69 Å². The second kappa shape index (κ2) is 8.46. The summed E-state index contributed by atoms with van der Waals surface area (Å²) in [6, 6.07) is 7.62. The summed E-state index contributed by atoms with van der Waals surface area (Å²) in [4.78, 5) is 18.7. The molecule has 0 aliphatic carbocycles. The van der Waals surface area contributed by atoms with Gasteiger partial charge in [0.05, 0.1) is 6.61 Å². The number of rotatable bonds is 7. The fourth-order valence-corrected chi connectivity index (χ4v) is 3.28. The van der Waals surface area contributed by atoms with E-state index in [0.29, 0.717) is 25.2 Å². The first-order valence-electron chi connectivity index (χ1n) is 8.43. The van der Waals surface area contributed by atoms with Gasteiger partial charge in [-0.05, 0) is 31.2 Å². The molecule has 0 spiro atoms. The van der Waals surface area contributed by atoms with Crippen LogP contribution in [0.1, 0.15) is 10.4 Å². The van der Waals surface area contributed by atoms with Gasteiger partial charge in [0.25, 0.3) is 5.91 Å². The van der Waals surface area contributed by atoms with Gasteiger partial charge in [0.2, 0.25) is 0 Å². The van der Waals surface area contributed by atoms with Crippen molar-refractivity contribution >= 4 is 11.6 Å². The molecule has 2 atom stereocenters.